The number of aliphatic carboxylic acids is 1. The monoisotopic (exact) mass is 186 g/mol. The van der Waals surface area contributed by atoms with E-state index in [1.165, 1.54) is 6.92 Å². The van der Waals surface area contributed by atoms with Crippen LogP contribution in [0.25, 0.3) is 0 Å². The largest absolute Gasteiger partial charge is 0.477 e. The number of carboxylic acids is 1. The van der Waals surface area contributed by atoms with Crippen molar-refractivity contribution >= 4 is 5.97 Å². The van der Waals surface area contributed by atoms with Crippen molar-refractivity contribution in [2.24, 2.45) is 0 Å². The van der Waals surface area contributed by atoms with Crippen LogP contribution < -0.4 is 0 Å². The lowest BCUT2D eigenvalue weighted by atomic mass is 10.1. The zero-order chi connectivity index (χ0) is 9.99. The van der Waals surface area contributed by atoms with Crippen LogP contribution in [0.1, 0.15) is 19.8 Å². The predicted octanol–water partition coefficient (Wildman–Crippen LogP) is 1.16. The van der Waals surface area contributed by atoms with Crippen LogP contribution in [0.5, 0.6) is 0 Å². The van der Waals surface area contributed by atoms with Crippen LogP contribution in [0.3, 0.4) is 0 Å². The normalized spacial score (nSPS) is 17.1. The fourth-order valence-electron chi connectivity index (χ4n) is 0.652. The third kappa shape index (κ3) is 1.88. The fourth-order valence-corrected chi connectivity index (χ4v) is 0.652. The quantitative estimate of drug-likeness (QED) is 0.692. The zero-order valence-corrected chi connectivity index (χ0v) is 6.35. The third-order valence-electron chi connectivity index (χ3n) is 1.33. The third-order valence-corrected chi connectivity index (χ3v) is 1.33. The molecule has 0 amide bonds. The molecule has 0 heterocycles. The maximum Gasteiger partial charge on any atom is 0.399 e. The van der Waals surface area contributed by atoms with E-state index >= 15 is 0 Å². The Kier molecular flexibility index (Phi) is 3.09. The molecule has 2 N–H and O–H groups in total. The Hall–Kier alpha value is -0.780. The Balaban J connectivity index is 4.62. The summed E-state index contributed by atoms with van der Waals surface area (Å²) in [6, 6.07) is 0. The molecule has 0 saturated heterocycles. The molecule has 1 atom stereocenters. The molecule has 0 aromatic rings. The summed E-state index contributed by atoms with van der Waals surface area (Å²) in [5, 5.41) is 16.3. The fraction of sp³-hybridized carbons (Fsp3) is 0.833. The van der Waals surface area contributed by atoms with Crippen LogP contribution in [0.2, 0.25) is 0 Å². The van der Waals surface area contributed by atoms with E-state index in [0.29, 0.717) is 0 Å². The van der Waals surface area contributed by atoms with Crippen molar-refractivity contribution in [3.63, 3.8) is 0 Å². The maximum absolute atomic E-state index is 12.5. The van der Waals surface area contributed by atoms with Gasteiger partial charge in [0, 0.05) is 6.42 Å². The van der Waals surface area contributed by atoms with Crippen molar-refractivity contribution in [1.82, 2.24) is 0 Å². The average molecular weight is 186 g/mol. The number of hydrogen-bond donors (Lipinski definition) is 2. The van der Waals surface area contributed by atoms with Gasteiger partial charge in [-0.3, -0.25) is 0 Å². The molecule has 0 aliphatic heterocycles. The van der Waals surface area contributed by atoms with E-state index in [2.05, 4.69) is 0 Å². The summed E-state index contributed by atoms with van der Waals surface area (Å²) < 4.78 is 37.1. The number of rotatable bonds is 4. The van der Waals surface area contributed by atoms with Gasteiger partial charge < -0.3 is 10.2 Å². The number of carboxylic acid groups (broad SMARTS) is 1. The smallest absolute Gasteiger partial charge is 0.399 e. The van der Waals surface area contributed by atoms with E-state index in [1.807, 2.05) is 0 Å². The van der Waals surface area contributed by atoms with Crippen molar-refractivity contribution in [2.45, 2.75) is 31.5 Å². The first-order chi connectivity index (χ1) is 5.25. The standard InChI is InChI=1S/C6H9F3O3/c1-2-3-5(7,12)6(8,9)4(10)11/h12H,2-3H2,1H3,(H,10,11). The second-order valence-electron chi connectivity index (χ2n) is 2.39. The zero-order valence-electron chi connectivity index (χ0n) is 6.35. The molecule has 0 aromatic heterocycles. The Labute approximate surface area is 66.8 Å². The van der Waals surface area contributed by atoms with Crippen LogP contribution in [0.15, 0.2) is 0 Å². The van der Waals surface area contributed by atoms with Crippen molar-refractivity contribution < 1.29 is 28.2 Å². The number of hydrogen-bond acceptors (Lipinski definition) is 2. The number of aliphatic hydroxyl groups is 1. The van der Waals surface area contributed by atoms with Gasteiger partial charge in [-0.15, -0.1) is 0 Å². The highest BCUT2D eigenvalue weighted by Gasteiger charge is 2.59. The first kappa shape index (κ1) is 11.2. The average Bonchev–Trinajstić information content (AvgIpc) is 1.86. The molecule has 0 saturated carbocycles. The number of halogens is 3. The van der Waals surface area contributed by atoms with Gasteiger partial charge in [-0.25, -0.2) is 9.18 Å². The van der Waals surface area contributed by atoms with Crippen molar-refractivity contribution in [1.29, 1.82) is 0 Å². The van der Waals surface area contributed by atoms with Crippen LogP contribution in [0.4, 0.5) is 13.2 Å². The van der Waals surface area contributed by atoms with Crippen LogP contribution >= 0.6 is 0 Å². The molecule has 0 aliphatic carbocycles. The van der Waals surface area contributed by atoms with E-state index < -0.39 is 24.2 Å². The molecule has 0 spiro atoms. The molecule has 0 radical (unpaired) electrons. The minimum Gasteiger partial charge on any atom is -0.477 e. The molecule has 6 heteroatoms. The summed E-state index contributed by atoms with van der Waals surface area (Å²) in [6.45, 7) is 1.35. The van der Waals surface area contributed by atoms with Crippen LogP contribution in [-0.2, 0) is 4.79 Å². The lowest BCUT2D eigenvalue weighted by molar-refractivity contribution is -0.256. The number of carbonyl (C=O) groups is 1. The molecule has 0 aromatic carbocycles. The van der Waals surface area contributed by atoms with E-state index in [4.69, 9.17) is 10.2 Å². The van der Waals surface area contributed by atoms with E-state index in [-0.39, 0.29) is 6.42 Å². The van der Waals surface area contributed by atoms with Gasteiger partial charge in [0.2, 0.25) is 0 Å². The van der Waals surface area contributed by atoms with Gasteiger partial charge in [0.05, 0.1) is 0 Å². The van der Waals surface area contributed by atoms with E-state index in [1.54, 1.807) is 0 Å². The highest BCUT2D eigenvalue weighted by atomic mass is 19.3. The molecule has 0 rings (SSSR count). The molecule has 3 nitrogen and oxygen atoms in total. The van der Waals surface area contributed by atoms with Gasteiger partial charge in [-0.2, -0.15) is 8.78 Å². The summed E-state index contributed by atoms with van der Waals surface area (Å²) in [5.41, 5.74) is 0. The Morgan fingerprint density at radius 3 is 2.08 bits per heavy atom. The Bertz CT molecular complexity index is 179. The molecule has 0 bridgehead atoms. The van der Waals surface area contributed by atoms with E-state index in [9.17, 15) is 18.0 Å². The summed E-state index contributed by atoms with van der Waals surface area (Å²) in [5.74, 6) is -11.4. The van der Waals surface area contributed by atoms with Gasteiger partial charge >= 0.3 is 11.9 Å². The van der Waals surface area contributed by atoms with Crippen LogP contribution in [-0.4, -0.2) is 28.0 Å². The minimum atomic E-state index is -4.75. The van der Waals surface area contributed by atoms with Crippen molar-refractivity contribution in [2.75, 3.05) is 0 Å². The molecule has 0 aliphatic rings. The number of alkyl halides is 3. The molecular weight excluding hydrogens is 177 g/mol. The second kappa shape index (κ2) is 3.30. The first-order valence-electron chi connectivity index (χ1n) is 3.28. The lowest BCUT2D eigenvalue weighted by Gasteiger charge is -2.24. The van der Waals surface area contributed by atoms with E-state index in [0.717, 1.165) is 0 Å². The summed E-state index contributed by atoms with van der Waals surface area (Å²) >= 11 is 0. The molecule has 1 unspecified atom stereocenters. The molecule has 12 heavy (non-hydrogen) atoms. The summed E-state index contributed by atoms with van der Waals surface area (Å²) in [4.78, 5) is 9.79. The lowest BCUT2D eigenvalue weighted by Crippen LogP contribution is -2.49. The Morgan fingerprint density at radius 2 is 1.83 bits per heavy atom. The van der Waals surface area contributed by atoms with Gasteiger partial charge in [-0.1, -0.05) is 13.3 Å². The predicted molar refractivity (Wildman–Crippen MR) is 33.5 cm³/mol. The SMILES string of the molecule is CCCC(O)(F)C(F)(F)C(=O)O. The van der Waals surface area contributed by atoms with Gasteiger partial charge in [-0.05, 0) is 0 Å². The second-order valence-corrected chi connectivity index (χ2v) is 2.39. The van der Waals surface area contributed by atoms with Crippen LogP contribution in [0, 0.1) is 0 Å². The summed E-state index contributed by atoms with van der Waals surface area (Å²) in [6.07, 6.45) is -0.984. The van der Waals surface area contributed by atoms with Crippen molar-refractivity contribution in [3.8, 4) is 0 Å². The first-order valence-corrected chi connectivity index (χ1v) is 3.28. The van der Waals surface area contributed by atoms with Gasteiger partial charge in [0.15, 0.2) is 0 Å². The highest BCUT2D eigenvalue weighted by molar-refractivity contribution is 5.76. The summed E-state index contributed by atoms with van der Waals surface area (Å²) in [7, 11) is 0. The molecular formula is C6H9F3O3. The Morgan fingerprint density at radius 1 is 1.42 bits per heavy atom. The maximum atomic E-state index is 12.5. The minimum absolute atomic E-state index is 0.0735. The van der Waals surface area contributed by atoms with Gasteiger partial charge in [0.25, 0.3) is 5.85 Å². The van der Waals surface area contributed by atoms with Gasteiger partial charge in [0.1, 0.15) is 0 Å². The highest BCUT2D eigenvalue weighted by Crippen LogP contribution is 2.34. The molecule has 72 valence electrons. The molecule has 0 fully saturated rings. The van der Waals surface area contributed by atoms with Crippen molar-refractivity contribution in [3.05, 3.63) is 0 Å². The topological polar surface area (TPSA) is 57.5 Å².